The van der Waals surface area contributed by atoms with Crippen molar-refractivity contribution in [3.63, 3.8) is 0 Å². The highest BCUT2D eigenvalue weighted by atomic mass is 32.1. The highest BCUT2D eigenvalue weighted by molar-refractivity contribution is 7.10. The van der Waals surface area contributed by atoms with Gasteiger partial charge in [-0.2, -0.15) is 4.37 Å². The standard InChI is InChI=1S/C8H11N3OS/c12-8(11-5-1-2-6-11)10-7-3-4-9-13-7/h3-4H,1-2,5-6H2,(H,10,12). The Bertz CT molecular complexity index is 280. The molecule has 1 N–H and O–H groups in total. The summed E-state index contributed by atoms with van der Waals surface area (Å²) in [5.74, 6) is 0. The van der Waals surface area contributed by atoms with Crippen LogP contribution < -0.4 is 5.32 Å². The van der Waals surface area contributed by atoms with Crippen molar-refractivity contribution in [3.05, 3.63) is 12.3 Å². The van der Waals surface area contributed by atoms with Crippen LogP contribution in [-0.2, 0) is 0 Å². The van der Waals surface area contributed by atoms with Crippen LogP contribution in [-0.4, -0.2) is 28.4 Å². The maximum Gasteiger partial charge on any atom is 0.322 e. The van der Waals surface area contributed by atoms with Gasteiger partial charge in [0.25, 0.3) is 0 Å². The molecule has 70 valence electrons. The lowest BCUT2D eigenvalue weighted by Crippen LogP contribution is -2.31. The van der Waals surface area contributed by atoms with Crippen molar-refractivity contribution in [2.75, 3.05) is 18.4 Å². The number of aromatic nitrogens is 1. The molecule has 1 aromatic heterocycles. The van der Waals surface area contributed by atoms with Gasteiger partial charge in [-0.15, -0.1) is 0 Å². The molecule has 0 aliphatic carbocycles. The first kappa shape index (κ1) is 8.50. The normalized spacial score (nSPS) is 16.2. The topological polar surface area (TPSA) is 45.2 Å². The second-order valence-electron chi connectivity index (χ2n) is 3.00. The Labute approximate surface area is 80.7 Å². The number of likely N-dealkylation sites (tertiary alicyclic amines) is 1. The van der Waals surface area contributed by atoms with Gasteiger partial charge >= 0.3 is 6.03 Å². The number of hydrogen-bond acceptors (Lipinski definition) is 3. The van der Waals surface area contributed by atoms with E-state index in [4.69, 9.17) is 0 Å². The molecular formula is C8H11N3OS. The minimum absolute atomic E-state index is 0.00162. The van der Waals surface area contributed by atoms with E-state index in [9.17, 15) is 4.79 Å². The zero-order valence-electron chi connectivity index (χ0n) is 7.19. The summed E-state index contributed by atoms with van der Waals surface area (Å²) in [6.07, 6.45) is 3.93. The van der Waals surface area contributed by atoms with Gasteiger partial charge in [-0.1, -0.05) is 0 Å². The summed E-state index contributed by atoms with van der Waals surface area (Å²) in [6, 6.07) is 1.81. The van der Waals surface area contributed by atoms with Crippen molar-refractivity contribution in [2.45, 2.75) is 12.8 Å². The zero-order chi connectivity index (χ0) is 9.10. The SMILES string of the molecule is O=C(Nc1ccns1)N1CCCC1. The van der Waals surface area contributed by atoms with Crippen molar-refractivity contribution in [1.82, 2.24) is 9.27 Å². The van der Waals surface area contributed by atoms with E-state index in [2.05, 4.69) is 9.69 Å². The van der Waals surface area contributed by atoms with Crippen LogP contribution in [0.2, 0.25) is 0 Å². The van der Waals surface area contributed by atoms with Crippen molar-refractivity contribution in [2.24, 2.45) is 0 Å². The highest BCUT2D eigenvalue weighted by Crippen LogP contribution is 2.14. The lowest BCUT2D eigenvalue weighted by atomic mass is 10.4. The molecule has 2 rings (SSSR count). The molecule has 0 spiro atoms. The van der Waals surface area contributed by atoms with Gasteiger partial charge in [0.1, 0.15) is 5.00 Å². The fourth-order valence-electron chi connectivity index (χ4n) is 1.38. The number of urea groups is 1. The smallest absolute Gasteiger partial charge is 0.322 e. The Morgan fingerprint density at radius 3 is 2.92 bits per heavy atom. The van der Waals surface area contributed by atoms with Gasteiger partial charge in [0.05, 0.1) is 0 Å². The highest BCUT2D eigenvalue weighted by Gasteiger charge is 2.17. The molecule has 0 bridgehead atoms. The lowest BCUT2D eigenvalue weighted by Gasteiger charge is -2.14. The molecule has 4 nitrogen and oxygen atoms in total. The first-order chi connectivity index (χ1) is 6.36. The summed E-state index contributed by atoms with van der Waals surface area (Å²) in [5.41, 5.74) is 0. The molecule has 2 amide bonds. The Kier molecular flexibility index (Phi) is 2.44. The average molecular weight is 197 g/mol. The van der Waals surface area contributed by atoms with Crippen molar-refractivity contribution >= 4 is 22.6 Å². The Hall–Kier alpha value is -1.10. The molecule has 0 saturated carbocycles. The second kappa shape index (κ2) is 3.74. The summed E-state index contributed by atoms with van der Waals surface area (Å²) >= 11 is 1.30. The van der Waals surface area contributed by atoms with Gasteiger partial charge in [-0.3, -0.25) is 5.32 Å². The molecule has 0 atom stereocenters. The molecule has 1 saturated heterocycles. The van der Waals surface area contributed by atoms with E-state index in [1.807, 2.05) is 4.90 Å². The molecule has 1 aliphatic rings. The number of rotatable bonds is 1. The van der Waals surface area contributed by atoms with Crippen LogP contribution in [0.3, 0.4) is 0 Å². The maximum absolute atomic E-state index is 11.5. The van der Waals surface area contributed by atoms with Crippen LogP contribution in [0.25, 0.3) is 0 Å². The van der Waals surface area contributed by atoms with E-state index in [1.165, 1.54) is 11.5 Å². The number of carbonyl (C=O) groups excluding carboxylic acids is 1. The van der Waals surface area contributed by atoms with Crippen LogP contribution in [0.4, 0.5) is 9.80 Å². The summed E-state index contributed by atoms with van der Waals surface area (Å²) in [6.45, 7) is 1.76. The van der Waals surface area contributed by atoms with Gasteiger partial charge in [-0.25, -0.2) is 4.79 Å². The number of amides is 2. The van der Waals surface area contributed by atoms with E-state index in [0.29, 0.717) is 0 Å². The Morgan fingerprint density at radius 1 is 1.54 bits per heavy atom. The molecule has 1 aliphatic heterocycles. The molecule has 0 aromatic carbocycles. The third-order valence-electron chi connectivity index (χ3n) is 2.06. The number of hydrogen-bond donors (Lipinski definition) is 1. The molecule has 1 fully saturated rings. The Morgan fingerprint density at radius 2 is 2.31 bits per heavy atom. The van der Waals surface area contributed by atoms with Gasteiger partial charge in [-0.05, 0) is 30.4 Å². The second-order valence-corrected chi connectivity index (χ2v) is 3.83. The van der Waals surface area contributed by atoms with Gasteiger partial charge in [0, 0.05) is 19.3 Å². The predicted molar refractivity (Wildman–Crippen MR) is 51.9 cm³/mol. The summed E-state index contributed by atoms with van der Waals surface area (Å²) < 4.78 is 3.91. The van der Waals surface area contributed by atoms with Crippen molar-refractivity contribution in [1.29, 1.82) is 0 Å². The maximum atomic E-state index is 11.5. The average Bonchev–Trinajstić information content (AvgIpc) is 2.74. The van der Waals surface area contributed by atoms with E-state index in [-0.39, 0.29) is 6.03 Å². The number of anilines is 1. The molecular weight excluding hydrogens is 186 g/mol. The van der Waals surface area contributed by atoms with E-state index >= 15 is 0 Å². The van der Waals surface area contributed by atoms with E-state index in [0.717, 1.165) is 30.9 Å². The van der Waals surface area contributed by atoms with Crippen molar-refractivity contribution < 1.29 is 4.79 Å². The predicted octanol–water partition coefficient (Wildman–Crippen LogP) is 1.77. The molecule has 0 radical (unpaired) electrons. The quantitative estimate of drug-likeness (QED) is 0.745. The van der Waals surface area contributed by atoms with Crippen LogP contribution in [0, 0.1) is 0 Å². The molecule has 5 heteroatoms. The minimum Gasteiger partial charge on any atom is -0.325 e. The molecule has 1 aromatic rings. The minimum atomic E-state index is 0.00162. The van der Waals surface area contributed by atoms with Crippen LogP contribution in [0.5, 0.6) is 0 Å². The first-order valence-electron chi connectivity index (χ1n) is 4.33. The van der Waals surface area contributed by atoms with Gasteiger partial charge < -0.3 is 4.90 Å². The third-order valence-corrected chi connectivity index (χ3v) is 2.72. The summed E-state index contributed by atoms with van der Waals surface area (Å²) in [5, 5.41) is 3.62. The van der Waals surface area contributed by atoms with Gasteiger partial charge in [0.15, 0.2) is 0 Å². The third kappa shape index (κ3) is 1.98. The lowest BCUT2D eigenvalue weighted by molar-refractivity contribution is 0.222. The molecule has 2 heterocycles. The number of nitrogens with one attached hydrogen (secondary N) is 1. The fraction of sp³-hybridized carbons (Fsp3) is 0.500. The van der Waals surface area contributed by atoms with E-state index < -0.39 is 0 Å². The monoisotopic (exact) mass is 197 g/mol. The largest absolute Gasteiger partial charge is 0.325 e. The van der Waals surface area contributed by atoms with Crippen LogP contribution in [0.1, 0.15) is 12.8 Å². The van der Waals surface area contributed by atoms with Crippen LogP contribution in [0.15, 0.2) is 12.3 Å². The van der Waals surface area contributed by atoms with E-state index in [1.54, 1.807) is 12.3 Å². The van der Waals surface area contributed by atoms with Crippen LogP contribution >= 0.6 is 11.5 Å². The van der Waals surface area contributed by atoms with Gasteiger partial charge in [0.2, 0.25) is 0 Å². The summed E-state index contributed by atoms with van der Waals surface area (Å²) in [4.78, 5) is 13.3. The molecule has 0 unspecified atom stereocenters. The van der Waals surface area contributed by atoms with Crippen molar-refractivity contribution in [3.8, 4) is 0 Å². The Balaban J connectivity index is 1.91. The summed E-state index contributed by atoms with van der Waals surface area (Å²) in [7, 11) is 0. The fourth-order valence-corrected chi connectivity index (χ4v) is 1.87. The number of carbonyl (C=O) groups is 1. The number of nitrogens with zero attached hydrogens (tertiary/aromatic N) is 2. The molecule has 13 heavy (non-hydrogen) atoms. The zero-order valence-corrected chi connectivity index (χ0v) is 8.01. The first-order valence-corrected chi connectivity index (χ1v) is 5.10.